The van der Waals surface area contributed by atoms with Crippen LogP contribution in [-0.4, -0.2) is 41.1 Å². The molecular weight excluding hydrogens is 374 g/mol. The van der Waals surface area contributed by atoms with Gasteiger partial charge in [0.2, 0.25) is 0 Å². The quantitative estimate of drug-likeness (QED) is 0.413. The van der Waals surface area contributed by atoms with Crippen LogP contribution in [0.5, 0.6) is 0 Å². The molecule has 1 heterocycles. The van der Waals surface area contributed by atoms with Gasteiger partial charge in [0.15, 0.2) is 0 Å². The van der Waals surface area contributed by atoms with Gasteiger partial charge in [-0.05, 0) is 57.6 Å². The van der Waals surface area contributed by atoms with Gasteiger partial charge < -0.3 is 9.84 Å². The molecule has 1 aromatic heterocycles. The van der Waals surface area contributed by atoms with Crippen molar-refractivity contribution >= 4 is 0 Å². The van der Waals surface area contributed by atoms with E-state index in [-0.39, 0.29) is 11.0 Å². The zero-order valence-electron chi connectivity index (χ0n) is 20.0. The SMILES string of the molecule is CCc1nc(C(C)(CC)c2ccccc2)ncc1CCNCOC(C)(C)CC.CO. The fraction of sp³-hybridized carbons (Fsp3) is 0.600. The molecule has 0 radical (unpaired) electrons. The Bertz CT molecular complexity index is 734. The van der Waals surface area contributed by atoms with Gasteiger partial charge in [-0.15, -0.1) is 0 Å². The molecule has 30 heavy (non-hydrogen) atoms. The molecule has 2 aromatic rings. The number of rotatable bonds is 11. The van der Waals surface area contributed by atoms with Crippen LogP contribution < -0.4 is 5.32 Å². The molecule has 0 saturated heterocycles. The number of aliphatic hydroxyl groups excluding tert-OH is 1. The van der Waals surface area contributed by atoms with Crippen molar-refractivity contribution in [2.75, 3.05) is 20.4 Å². The Morgan fingerprint density at radius 2 is 1.67 bits per heavy atom. The van der Waals surface area contributed by atoms with Gasteiger partial charge in [0.05, 0.1) is 17.7 Å². The van der Waals surface area contributed by atoms with Crippen LogP contribution in [0.4, 0.5) is 0 Å². The minimum atomic E-state index is -0.165. The van der Waals surface area contributed by atoms with Gasteiger partial charge >= 0.3 is 0 Å². The molecule has 0 bridgehead atoms. The van der Waals surface area contributed by atoms with Gasteiger partial charge in [-0.25, -0.2) is 9.97 Å². The highest BCUT2D eigenvalue weighted by atomic mass is 16.5. The van der Waals surface area contributed by atoms with Crippen molar-refractivity contribution in [1.82, 2.24) is 15.3 Å². The molecule has 1 aromatic carbocycles. The molecule has 5 heteroatoms. The summed E-state index contributed by atoms with van der Waals surface area (Å²) in [5.41, 5.74) is 3.40. The molecule has 0 aliphatic heterocycles. The highest BCUT2D eigenvalue weighted by Gasteiger charge is 2.30. The summed E-state index contributed by atoms with van der Waals surface area (Å²) < 4.78 is 5.86. The van der Waals surface area contributed by atoms with E-state index < -0.39 is 0 Å². The fourth-order valence-corrected chi connectivity index (χ4v) is 3.16. The number of hydrogen-bond acceptors (Lipinski definition) is 5. The number of benzene rings is 1. The Balaban J connectivity index is 0.00000218. The molecule has 0 fully saturated rings. The first-order valence-electron chi connectivity index (χ1n) is 11.1. The maximum absolute atomic E-state index is 7.00. The lowest BCUT2D eigenvalue weighted by atomic mass is 9.79. The Kier molecular flexibility index (Phi) is 11.2. The second-order valence-electron chi connectivity index (χ2n) is 8.22. The van der Waals surface area contributed by atoms with Gasteiger partial charge in [0.25, 0.3) is 0 Å². The number of nitrogens with one attached hydrogen (secondary N) is 1. The smallest absolute Gasteiger partial charge is 0.138 e. The third-order valence-corrected chi connectivity index (χ3v) is 5.89. The van der Waals surface area contributed by atoms with Crippen molar-refractivity contribution in [3.05, 3.63) is 59.2 Å². The molecule has 0 aliphatic carbocycles. The third-order valence-electron chi connectivity index (χ3n) is 5.89. The molecule has 2 rings (SSSR count). The van der Waals surface area contributed by atoms with Crippen LogP contribution in [0.15, 0.2) is 36.5 Å². The van der Waals surface area contributed by atoms with Crippen molar-refractivity contribution in [1.29, 1.82) is 0 Å². The van der Waals surface area contributed by atoms with Gasteiger partial charge in [-0.3, -0.25) is 5.32 Å². The minimum absolute atomic E-state index is 0.0750. The third kappa shape index (κ3) is 7.15. The molecule has 1 atom stereocenters. The van der Waals surface area contributed by atoms with E-state index in [4.69, 9.17) is 19.8 Å². The van der Waals surface area contributed by atoms with E-state index >= 15 is 0 Å². The van der Waals surface area contributed by atoms with Crippen LogP contribution in [0, 0.1) is 0 Å². The Hall–Kier alpha value is -1.82. The van der Waals surface area contributed by atoms with Crippen molar-refractivity contribution in [3.63, 3.8) is 0 Å². The van der Waals surface area contributed by atoms with Crippen LogP contribution in [-0.2, 0) is 23.0 Å². The van der Waals surface area contributed by atoms with Crippen LogP contribution in [0.25, 0.3) is 0 Å². The van der Waals surface area contributed by atoms with E-state index in [0.29, 0.717) is 6.73 Å². The van der Waals surface area contributed by atoms with E-state index in [1.165, 1.54) is 11.1 Å². The lowest BCUT2D eigenvalue weighted by Gasteiger charge is -2.28. The van der Waals surface area contributed by atoms with Crippen molar-refractivity contribution in [2.24, 2.45) is 0 Å². The summed E-state index contributed by atoms with van der Waals surface area (Å²) in [6.45, 7) is 14.4. The van der Waals surface area contributed by atoms with Crippen LogP contribution in [0.3, 0.4) is 0 Å². The first-order chi connectivity index (χ1) is 14.4. The van der Waals surface area contributed by atoms with Gasteiger partial charge in [0, 0.05) is 25.5 Å². The lowest BCUT2D eigenvalue weighted by molar-refractivity contribution is -0.0291. The van der Waals surface area contributed by atoms with Crippen LogP contribution in [0.1, 0.15) is 77.0 Å². The van der Waals surface area contributed by atoms with Crippen molar-refractivity contribution in [2.45, 2.75) is 78.2 Å². The summed E-state index contributed by atoms with van der Waals surface area (Å²) in [6.07, 6.45) is 5.82. The van der Waals surface area contributed by atoms with Gasteiger partial charge in [0.1, 0.15) is 5.82 Å². The van der Waals surface area contributed by atoms with Crippen LogP contribution >= 0.6 is 0 Å². The summed E-state index contributed by atoms with van der Waals surface area (Å²) in [4.78, 5) is 9.78. The molecule has 2 N–H and O–H groups in total. The molecule has 0 spiro atoms. The van der Waals surface area contributed by atoms with Gasteiger partial charge in [-0.1, -0.05) is 51.1 Å². The first-order valence-corrected chi connectivity index (χ1v) is 11.1. The maximum Gasteiger partial charge on any atom is 0.138 e. The number of aliphatic hydroxyl groups is 1. The number of aromatic nitrogens is 2. The predicted octanol–water partition coefficient (Wildman–Crippen LogP) is 4.66. The van der Waals surface area contributed by atoms with E-state index in [9.17, 15) is 0 Å². The van der Waals surface area contributed by atoms with E-state index in [2.05, 4.69) is 77.2 Å². The fourth-order valence-electron chi connectivity index (χ4n) is 3.16. The Morgan fingerprint density at radius 3 is 2.23 bits per heavy atom. The molecule has 168 valence electrons. The largest absolute Gasteiger partial charge is 0.400 e. The van der Waals surface area contributed by atoms with E-state index in [1.807, 2.05) is 6.20 Å². The second-order valence-corrected chi connectivity index (χ2v) is 8.22. The summed E-state index contributed by atoms with van der Waals surface area (Å²) in [5, 5.41) is 10.4. The van der Waals surface area contributed by atoms with Crippen molar-refractivity contribution in [3.8, 4) is 0 Å². The maximum atomic E-state index is 7.00. The average Bonchev–Trinajstić information content (AvgIpc) is 2.80. The van der Waals surface area contributed by atoms with Gasteiger partial charge in [-0.2, -0.15) is 0 Å². The standard InChI is InChI=1S/C24H37N3O.CH4O/c1-7-21-19(15-16-25-18-28-23(4,5)8-2)17-26-22(27-21)24(6,9-3)20-13-11-10-12-14-20;1-2/h10-14,17,25H,7-9,15-16,18H2,1-6H3;2H,1H3. The number of ether oxygens (including phenoxy) is 1. The zero-order chi connectivity index (χ0) is 22.6. The molecule has 0 saturated carbocycles. The molecule has 0 amide bonds. The highest BCUT2D eigenvalue weighted by molar-refractivity contribution is 5.33. The average molecular weight is 416 g/mol. The summed E-state index contributed by atoms with van der Waals surface area (Å²) in [7, 11) is 1.00. The number of nitrogens with zero attached hydrogens (tertiary/aromatic N) is 2. The Morgan fingerprint density at radius 1 is 1.00 bits per heavy atom. The normalized spacial score (nSPS) is 13.3. The molecule has 0 aliphatic rings. The summed E-state index contributed by atoms with van der Waals surface area (Å²) in [5.74, 6) is 0.919. The summed E-state index contributed by atoms with van der Waals surface area (Å²) >= 11 is 0. The molecular formula is C25H41N3O2. The number of hydrogen-bond donors (Lipinski definition) is 2. The lowest BCUT2D eigenvalue weighted by Crippen LogP contribution is -2.31. The summed E-state index contributed by atoms with van der Waals surface area (Å²) in [6, 6.07) is 10.6. The van der Waals surface area contributed by atoms with Crippen LogP contribution in [0.2, 0.25) is 0 Å². The monoisotopic (exact) mass is 415 g/mol. The van der Waals surface area contributed by atoms with Crippen molar-refractivity contribution < 1.29 is 9.84 Å². The minimum Gasteiger partial charge on any atom is -0.400 e. The predicted molar refractivity (Wildman–Crippen MR) is 125 cm³/mol. The first kappa shape index (κ1) is 26.2. The number of aryl methyl sites for hydroxylation is 1. The second kappa shape index (κ2) is 12.8. The van der Waals surface area contributed by atoms with E-state index in [0.717, 1.165) is 50.9 Å². The highest BCUT2D eigenvalue weighted by Crippen LogP contribution is 2.33. The Labute approximate surface area is 183 Å². The topological polar surface area (TPSA) is 67.3 Å². The zero-order valence-corrected chi connectivity index (χ0v) is 20.0. The molecule has 1 unspecified atom stereocenters. The van der Waals surface area contributed by atoms with E-state index in [1.54, 1.807) is 0 Å². The molecule has 5 nitrogen and oxygen atoms in total.